The molecular weight excluding hydrogens is 515 g/mol. The first-order valence-corrected chi connectivity index (χ1v) is 10.6. The zero-order valence-electron chi connectivity index (χ0n) is 20.1. The molecule has 0 aliphatic heterocycles. The number of carbonyl (C=O) groups excluding carboxylic acids is 1. The SMILES string of the molecule is Cc1[nH]nc(C(F)(F)F)c1NC(=O)c1cc(F)c(-c2cn(C)c(C(C)(C)O)n2)cc1O[C@@H](C)C(F)(F)F. The Hall–Kier alpha value is -3.62. The standard InChI is InChI=1S/C22H22F7N5O3/c1-9-16(17(33-32-9)22(27,28)29)31-18(35)12-6-13(23)11(7-15(12)37-10(2)21(24,25)26)14-8-34(5)19(30-14)20(3,4)36/h6-8,10,36H,1-5H3,(H,31,35)(H,32,33)/t10-/m0/s1. The number of imidazole rings is 1. The molecule has 1 aromatic carbocycles. The summed E-state index contributed by atoms with van der Waals surface area (Å²) in [4.78, 5) is 17.0. The lowest BCUT2D eigenvalue weighted by molar-refractivity contribution is -0.189. The molecule has 0 saturated heterocycles. The first kappa shape index (κ1) is 28.0. The molecule has 3 rings (SSSR count). The Balaban J connectivity index is 2.13. The van der Waals surface area contributed by atoms with Gasteiger partial charge in [-0.15, -0.1) is 0 Å². The van der Waals surface area contributed by atoms with E-state index in [0.717, 1.165) is 6.07 Å². The van der Waals surface area contributed by atoms with E-state index in [4.69, 9.17) is 4.74 Å². The van der Waals surface area contributed by atoms with Crippen molar-refractivity contribution in [1.29, 1.82) is 0 Å². The number of rotatable bonds is 6. The van der Waals surface area contributed by atoms with Gasteiger partial charge in [0.05, 0.1) is 22.6 Å². The number of benzene rings is 1. The molecule has 1 amide bonds. The fourth-order valence-electron chi connectivity index (χ4n) is 3.41. The molecule has 1 atom stereocenters. The van der Waals surface area contributed by atoms with Gasteiger partial charge in [0, 0.05) is 18.8 Å². The largest absolute Gasteiger partial charge is 0.480 e. The van der Waals surface area contributed by atoms with Crippen molar-refractivity contribution in [2.24, 2.45) is 7.05 Å². The molecule has 2 aromatic heterocycles. The lowest BCUT2D eigenvalue weighted by atomic mass is 10.1. The van der Waals surface area contributed by atoms with Gasteiger partial charge in [-0.25, -0.2) is 9.37 Å². The molecule has 0 aliphatic rings. The number of alkyl halides is 6. The molecule has 0 aliphatic carbocycles. The van der Waals surface area contributed by atoms with Crippen LogP contribution < -0.4 is 10.1 Å². The molecule has 15 heteroatoms. The number of aromatic nitrogens is 4. The molecule has 37 heavy (non-hydrogen) atoms. The number of hydrogen-bond donors (Lipinski definition) is 3. The van der Waals surface area contributed by atoms with E-state index in [-0.39, 0.29) is 22.8 Å². The predicted octanol–water partition coefficient (Wildman–Crippen LogP) is 5.09. The van der Waals surface area contributed by atoms with E-state index in [0.29, 0.717) is 13.0 Å². The van der Waals surface area contributed by atoms with E-state index in [9.17, 15) is 36.2 Å². The topological polar surface area (TPSA) is 105 Å². The number of carbonyl (C=O) groups is 1. The molecule has 0 radical (unpaired) electrons. The summed E-state index contributed by atoms with van der Waals surface area (Å²) in [6.07, 6.45) is -11.0. The highest BCUT2D eigenvalue weighted by Crippen LogP contribution is 2.37. The number of aromatic amines is 1. The summed E-state index contributed by atoms with van der Waals surface area (Å²) in [6.45, 7) is 4.64. The van der Waals surface area contributed by atoms with Gasteiger partial charge in [-0.3, -0.25) is 9.89 Å². The van der Waals surface area contributed by atoms with Crippen molar-refractivity contribution in [2.75, 3.05) is 5.32 Å². The van der Waals surface area contributed by atoms with Gasteiger partial charge in [-0.2, -0.15) is 31.4 Å². The normalized spacial score (nSPS) is 13.5. The lowest BCUT2D eigenvalue weighted by Gasteiger charge is -2.20. The number of H-pyrrole nitrogens is 1. The average Bonchev–Trinajstić information content (AvgIpc) is 3.30. The number of nitrogens with one attached hydrogen (secondary N) is 2. The van der Waals surface area contributed by atoms with Crippen LogP contribution in [0.3, 0.4) is 0 Å². The van der Waals surface area contributed by atoms with Gasteiger partial charge < -0.3 is 19.7 Å². The minimum Gasteiger partial charge on any atom is -0.480 e. The Morgan fingerprint density at radius 1 is 1.19 bits per heavy atom. The Labute approximate surface area is 205 Å². The summed E-state index contributed by atoms with van der Waals surface area (Å²) < 4.78 is 101. The van der Waals surface area contributed by atoms with Crippen LogP contribution in [-0.2, 0) is 18.8 Å². The summed E-state index contributed by atoms with van der Waals surface area (Å²) in [5, 5.41) is 17.3. The van der Waals surface area contributed by atoms with Gasteiger partial charge >= 0.3 is 12.4 Å². The molecule has 8 nitrogen and oxygen atoms in total. The molecular formula is C22H22F7N5O3. The molecule has 0 unspecified atom stereocenters. The third-order valence-corrected chi connectivity index (χ3v) is 5.23. The van der Waals surface area contributed by atoms with Crippen molar-refractivity contribution in [2.45, 2.75) is 51.8 Å². The van der Waals surface area contributed by atoms with Gasteiger partial charge in [0.25, 0.3) is 5.91 Å². The van der Waals surface area contributed by atoms with Crippen LogP contribution in [-0.4, -0.2) is 43.0 Å². The average molecular weight is 537 g/mol. The molecule has 3 aromatic rings. The van der Waals surface area contributed by atoms with Crippen LogP contribution in [0, 0.1) is 12.7 Å². The zero-order chi connectivity index (χ0) is 28.1. The van der Waals surface area contributed by atoms with Crippen LogP contribution in [0.25, 0.3) is 11.3 Å². The van der Waals surface area contributed by atoms with Crippen LogP contribution in [0.2, 0.25) is 0 Å². The third kappa shape index (κ3) is 5.87. The summed E-state index contributed by atoms with van der Waals surface area (Å²) in [5.41, 5.74) is -5.18. The van der Waals surface area contributed by atoms with Gasteiger partial charge in [0.2, 0.25) is 0 Å². The van der Waals surface area contributed by atoms with Crippen molar-refractivity contribution in [1.82, 2.24) is 19.7 Å². The second-order valence-corrected chi connectivity index (χ2v) is 8.77. The highest BCUT2D eigenvalue weighted by atomic mass is 19.4. The maximum atomic E-state index is 15.1. The second-order valence-electron chi connectivity index (χ2n) is 8.77. The van der Waals surface area contributed by atoms with Crippen LogP contribution in [0.1, 0.15) is 48.3 Å². The first-order chi connectivity index (χ1) is 16.8. The highest BCUT2D eigenvalue weighted by molar-refractivity contribution is 6.07. The second kappa shape index (κ2) is 9.36. The quantitative estimate of drug-likeness (QED) is 0.380. The maximum Gasteiger partial charge on any atom is 0.437 e. The number of amides is 1. The van der Waals surface area contributed by atoms with Crippen LogP contribution in [0.15, 0.2) is 18.3 Å². The van der Waals surface area contributed by atoms with Crippen molar-refractivity contribution in [3.8, 4) is 17.0 Å². The van der Waals surface area contributed by atoms with Gasteiger partial charge in [-0.1, -0.05) is 0 Å². The minimum atomic E-state index is -4.97. The zero-order valence-corrected chi connectivity index (χ0v) is 20.1. The number of aliphatic hydroxyl groups is 1. The molecule has 202 valence electrons. The summed E-state index contributed by atoms with van der Waals surface area (Å²) in [6, 6.07) is 1.32. The van der Waals surface area contributed by atoms with E-state index in [1.165, 1.54) is 38.6 Å². The summed E-state index contributed by atoms with van der Waals surface area (Å²) >= 11 is 0. The van der Waals surface area contributed by atoms with Gasteiger partial charge in [-0.05, 0) is 39.8 Å². The summed E-state index contributed by atoms with van der Waals surface area (Å²) in [7, 11) is 1.50. The van der Waals surface area contributed by atoms with Crippen LogP contribution >= 0.6 is 0 Å². The molecule has 0 fully saturated rings. The summed E-state index contributed by atoms with van der Waals surface area (Å²) in [5.74, 6) is -3.16. The molecule has 3 N–H and O–H groups in total. The predicted molar refractivity (Wildman–Crippen MR) is 116 cm³/mol. The molecule has 2 heterocycles. The van der Waals surface area contributed by atoms with Crippen molar-refractivity contribution < 1.29 is 45.4 Å². The van der Waals surface area contributed by atoms with E-state index in [2.05, 4.69) is 15.2 Å². The fourth-order valence-corrected chi connectivity index (χ4v) is 3.41. The number of nitrogens with zero attached hydrogens (tertiary/aromatic N) is 3. The number of halogens is 7. The maximum absolute atomic E-state index is 15.1. The number of anilines is 1. The first-order valence-electron chi connectivity index (χ1n) is 10.6. The van der Waals surface area contributed by atoms with Gasteiger partial charge in [0.15, 0.2) is 11.8 Å². The van der Waals surface area contributed by atoms with Crippen molar-refractivity contribution >= 4 is 11.6 Å². The number of aryl methyl sites for hydroxylation is 2. The van der Waals surface area contributed by atoms with Gasteiger partial charge in [0.1, 0.15) is 23.0 Å². The van der Waals surface area contributed by atoms with Crippen molar-refractivity contribution in [3.05, 3.63) is 46.9 Å². The Morgan fingerprint density at radius 3 is 2.32 bits per heavy atom. The lowest BCUT2D eigenvalue weighted by Crippen LogP contribution is -2.32. The fraction of sp³-hybridized carbons (Fsp3) is 0.409. The van der Waals surface area contributed by atoms with E-state index >= 15 is 4.39 Å². The Bertz CT molecular complexity index is 1320. The molecule has 0 saturated carbocycles. The smallest absolute Gasteiger partial charge is 0.437 e. The minimum absolute atomic E-state index is 0.0985. The van der Waals surface area contributed by atoms with E-state index < -0.39 is 58.5 Å². The van der Waals surface area contributed by atoms with Crippen LogP contribution in [0.4, 0.5) is 36.4 Å². The van der Waals surface area contributed by atoms with Crippen molar-refractivity contribution in [3.63, 3.8) is 0 Å². The molecule has 0 spiro atoms. The third-order valence-electron chi connectivity index (χ3n) is 5.23. The molecule has 0 bridgehead atoms. The van der Waals surface area contributed by atoms with E-state index in [1.54, 1.807) is 0 Å². The Morgan fingerprint density at radius 2 is 1.81 bits per heavy atom. The highest BCUT2D eigenvalue weighted by Gasteiger charge is 2.40. The van der Waals surface area contributed by atoms with Crippen LogP contribution in [0.5, 0.6) is 5.75 Å². The van der Waals surface area contributed by atoms with E-state index in [1.807, 2.05) is 5.32 Å². The monoisotopic (exact) mass is 537 g/mol. The Kier molecular flexibility index (Phi) is 7.07. The number of ether oxygens (including phenoxy) is 1. The number of hydrogen-bond acceptors (Lipinski definition) is 5.